The zero-order chi connectivity index (χ0) is 21.6. The zero-order valence-electron chi connectivity index (χ0n) is 15.9. The summed E-state index contributed by atoms with van der Waals surface area (Å²) < 4.78 is 54.5. The molecule has 0 aliphatic rings. The van der Waals surface area contributed by atoms with E-state index in [0.717, 1.165) is 12.1 Å². The van der Waals surface area contributed by atoms with Gasteiger partial charge in [0.25, 0.3) is 5.91 Å². The fraction of sp³-hybridized carbons (Fsp3) is 0.300. The van der Waals surface area contributed by atoms with Crippen molar-refractivity contribution in [2.75, 3.05) is 12.4 Å². The second kappa shape index (κ2) is 9.31. The van der Waals surface area contributed by atoms with E-state index in [1.54, 1.807) is 24.3 Å². The Hall–Kier alpha value is -3.23. The van der Waals surface area contributed by atoms with Crippen molar-refractivity contribution in [2.24, 2.45) is 0 Å². The van der Waals surface area contributed by atoms with Crippen LogP contribution in [0.5, 0.6) is 11.5 Å². The van der Waals surface area contributed by atoms with E-state index in [-0.39, 0.29) is 0 Å². The molecule has 2 atom stereocenters. The lowest BCUT2D eigenvalue weighted by Gasteiger charge is -2.19. The van der Waals surface area contributed by atoms with Crippen LogP contribution >= 0.6 is 0 Å². The van der Waals surface area contributed by atoms with Gasteiger partial charge in [-0.15, -0.1) is 0 Å². The molecule has 6 nitrogen and oxygen atoms in total. The third kappa shape index (κ3) is 6.13. The van der Waals surface area contributed by atoms with E-state index >= 15 is 0 Å². The number of anilines is 1. The highest BCUT2D eigenvalue weighted by Gasteiger charge is 2.34. The Balaban J connectivity index is 1.95. The Bertz CT molecular complexity index is 852. The molecule has 0 fully saturated rings. The van der Waals surface area contributed by atoms with Gasteiger partial charge in [0.15, 0.2) is 12.2 Å². The van der Waals surface area contributed by atoms with Crippen molar-refractivity contribution in [1.29, 1.82) is 0 Å². The molecule has 9 heteroatoms. The lowest BCUT2D eigenvalue weighted by molar-refractivity contribution is -0.159. The molecular formula is C20H20F3NO5. The summed E-state index contributed by atoms with van der Waals surface area (Å²) in [5.74, 6) is -0.747. The van der Waals surface area contributed by atoms with E-state index in [9.17, 15) is 22.8 Å². The predicted molar refractivity (Wildman–Crippen MR) is 98.7 cm³/mol. The van der Waals surface area contributed by atoms with Gasteiger partial charge < -0.3 is 19.5 Å². The molecule has 0 heterocycles. The maximum absolute atomic E-state index is 13.0. The van der Waals surface area contributed by atoms with Crippen LogP contribution in [0, 0.1) is 0 Å². The second-order valence-electron chi connectivity index (χ2n) is 6.05. The molecular weight excluding hydrogens is 391 g/mol. The summed E-state index contributed by atoms with van der Waals surface area (Å²) in [6, 6.07) is 11.0. The predicted octanol–water partition coefficient (Wildman–Crippen LogP) is 4.05. The first-order valence-electron chi connectivity index (χ1n) is 8.60. The minimum absolute atomic E-state index is 0.381. The van der Waals surface area contributed by atoms with Gasteiger partial charge in [-0.05, 0) is 50.2 Å². The van der Waals surface area contributed by atoms with Crippen molar-refractivity contribution < 1.29 is 37.0 Å². The molecule has 0 radical (unpaired) electrons. The summed E-state index contributed by atoms with van der Waals surface area (Å²) in [7, 11) is 1.51. The van der Waals surface area contributed by atoms with Gasteiger partial charge in [-0.25, -0.2) is 4.79 Å². The number of nitrogens with one attached hydrogen (secondary N) is 1. The monoisotopic (exact) mass is 411 g/mol. The van der Waals surface area contributed by atoms with Crippen molar-refractivity contribution in [3.8, 4) is 11.5 Å². The van der Waals surface area contributed by atoms with Gasteiger partial charge in [-0.3, -0.25) is 4.79 Å². The van der Waals surface area contributed by atoms with Crippen molar-refractivity contribution in [2.45, 2.75) is 32.2 Å². The molecule has 2 rings (SSSR count). The lowest BCUT2D eigenvalue weighted by atomic mass is 10.1. The first kappa shape index (κ1) is 22.1. The molecule has 0 aliphatic carbocycles. The number of carbonyl (C=O) groups excluding carboxylic acids is 2. The number of rotatable bonds is 7. The minimum Gasteiger partial charge on any atom is -0.497 e. The maximum atomic E-state index is 13.0. The van der Waals surface area contributed by atoms with Crippen LogP contribution in [0.3, 0.4) is 0 Å². The quantitative estimate of drug-likeness (QED) is 0.696. The number of ether oxygens (including phenoxy) is 3. The molecule has 0 saturated heterocycles. The molecule has 0 saturated carbocycles. The number of alkyl halides is 3. The normalized spacial score (nSPS) is 13.2. The van der Waals surface area contributed by atoms with Crippen LogP contribution in [0.15, 0.2) is 48.5 Å². The van der Waals surface area contributed by atoms with Crippen molar-refractivity contribution >= 4 is 17.6 Å². The van der Waals surface area contributed by atoms with Crippen LogP contribution in [-0.4, -0.2) is 31.2 Å². The number of hydrogen-bond donors (Lipinski definition) is 1. The standard InChI is InChI=1S/C20H20F3NO5/c1-12(18(25)24-17-7-5-4-6-16(17)20(21,22)23)29-19(26)13(2)28-15-10-8-14(27-3)9-11-15/h4-13H,1-3H3,(H,24,25). The number of halogens is 3. The van der Waals surface area contributed by atoms with Gasteiger partial charge in [-0.2, -0.15) is 13.2 Å². The molecule has 2 aromatic carbocycles. The van der Waals surface area contributed by atoms with Crippen molar-refractivity contribution in [1.82, 2.24) is 0 Å². The maximum Gasteiger partial charge on any atom is 0.418 e. The van der Waals surface area contributed by atoms with Crippen LogP contribution < -0.4 is 14.8 Å². The Morgan fingerprint density at radius 3 is 2.10 bits per heavy atom. The minimum atomic E-state index is -4.63. The summed E-state index contributed by atoms with van der Waals surface area (Å²) in [5, 5.41) is 2.13. The lowest BCUT2D eigenvalue weighted by Crippen LogP contribution is -2.35. The highest BCUT2D eigenvalue weighted by Crippen LogP contribution is 2.34. The summed E-state index contributed by atoms with van der Waals surface area (Å²) >= 11 is 0. The van der Waals surface area contributed by atoms with Crippen LogP contribution in [0.4, 0.5) is 18.9 Å². The Kier molecular flexibility index (Phi) is 7.08. The van der Waals surface area contributed by atoms with E-state index in [1.165, 1.54) is 33.1 Å². The van der Waals surface area contributed by atoms with Crippen LogP contribution in [0.1, 0.15) is 19.4 Å². The molecule has 1 amide bonds. The number of methoxy groups -OCH3 is 1. The van der Waals surface area contributed by atoms with Gasteiger partial charge in [0.1, 0.15) is 11.5 Å². The molecule has 0 spiro atoms. The highest BCUT2D eigenvalue weighted by molar-refractivity contribution is 5.96. The zero-order valence-corrected chi connectivity index (χ0v) is 15.9. The van der Waals surface area contributed by atoms with Crippen LogP contribution in [0.25, 0.3) is 0 Å². The number of hydrogen-bond acceptors (Lipinski definition) is 5. The average Bonchev–Trinajstić information content (AvgIpc) is 2.68. The fourth-order valence-electron chi connectivity index (χ4n) is 2.30. The smallest absolute Gasteiger partial charge is 0.418 e. The fourth-order valence-corrected chi connectivity index (χ4v) is 2.30. The molecule has 1 N–H and O–H groups in total. The van der Waals surface area contributed by atoms with Crippen LogP contribution in [0.2, 0.25) is 0 Å². The highest BCUT2D eigenvalue weighted by atomic mass is 19.4. The van der Waals surface area contributed by atoms with E-state index in [1.807, 2.05) is 0 Å². The number of para-hydroxylation sites is 1. The summed E-state index contributed by atoms with van der Waals surface area (Å²) in [6.07, 6.45) is -7.00. The topological polar surface area (TPSA) is 73.9 Å². The van der Waals surface area contributed by atoms with E-state index < -0.39 is 41.5 Å². The van der Waals surface area contributed by atoms with E-state index in [2.05, 4.69) is 5.32 Å². The van der Waals surface area contributed by atoms with E-state index in [4.69, 9.17) is 14.2 Å². The van der Waals surface area contributed by atoms with Gasteiger partial charge in [0.05, 0.1) is 18.4 Å². The summed E-state index contributed by atoms with van der Waals surface area (Å²) in [6.45, 7) is 2.68. The average molecular weight is 411 g/mol. The Morgan fingerprint density at radius 1 is 0.931 bits per heavy atom. The number of esters is 1. The first-order chi connectivity index (χ1) is 13.6. The number of carbonyl (C=O) groups is 2. The number of amides is 1. The van der Waals surface area contributed by atoms with Crippen LogP contribution in [-0.2, 0) is 20.5 Å². The molecule has 0 bridgehead atoms. The van der Waals surface area contributed by atoms with Gasteiger partial charge in [0, 0.05) is 0 Å². The molecule has 156 valence electrons. The SMILES string of the molecule is COc1ccc(OC(C)C(=O)OC(C)C(=O)Nc2ccccc2C(F)(F)F)cc1. The number of benzene rings is 2. The Labute approximate surface area is 165 Å². The molecule has 2 unspecified atom stereocenters. The van der Waals surface area contributed by atoms with Gasteiger partial charge in [-0.1, -0.05) is 12.1 Å². The molecule has 29 heavy (non-hydrogen) atoms. The van der Waals surface area contributed by atoms with Crippen molar-refractivity contribution in [3.05, 3.63) is 54.1 Å². The van der Waals surface area contributed by atoms with Crippen molar-refractivity contribution in [3.63, 3.8) is 0 Å². The molecule has 0 aromatic heterocycles. The largest absolute Gasteiger partial charge is 0.497 e. The van der Waals surface area contributed by atoms with E-state index in [0.29, 0.717) is 11.5 Å². The van der Waals surface area contributed by atoms with Gasteiger partial charge in [0.2, 0.25) is 0 Å². The first-order valence-corrected chi connectivity index (χ1v) is 8.60. The summed E-state index contributed by atoms with van der Waals surface area (Å²) in [4.78, 5) is 24.3. The molecule has 2 aromatic rings. The third-order valence-electron chi connectivity index (χ3n) is 3.86. The second-order valence-corrected chi connectivity index (χ2v) is 6.05. The Morgan fingerprint density at radius 2 is 1.52 bits per heavy atom. The van der Waals surface area contributed by atoms with Gasteiger partial charge >= 0.3 is 12.1 Å². The third-order valence-corrected chi connectivity index (χ3v) is 3.86. The summed E-state index contributed by atoms with van der Waals surface area (Å²) in [5.41, 5.74) is -1.42. The molecule has 0 aliphatic heterocycles.